The fraction of sp³-hybridized carbons (Fsp3) is 0.627. The van der Waals surface area contributed by atoms with E-state index in [1.165, 1.54) is 34.5 Å². The standard InChI is InChI=1S/C16H26N4O5SSi.C13H16N4O5S.C11H14N4O4S.2C10H12N4O5S.C10H16O5.5CH4/c1-16(2,3)27(4,5)24-7-8-6-9(21)13(25-8)20-11-10(26-15(20)23)12(22)19-14(17)18-11;1-3-6-4-7(21-5(2)18)11(22-6)17-9-8(23-13(17)20)10(19)16-12(14)15-9;1-2-4-3-5(16)9(19-4)15-7-6(20-11(15)18)8(17)14-10(12)13-7;2*11-9-12-6-5(7(17)13-9)20-10(18)14(6)8-4(16)1-3(2-15)19-8;1-4-8-5-9(13-6(2)11)10(15-8)14-7(3)12;;;;;/h8-9,13,21H,6-7H2,1-5H3,(H3,17,18,19,22);6-7,11H,3-4H2,1-2H3,(H3,14,15,16,19);4-5,9,16H,2-3H2,1H3,(H3,12,13,14,17);2*3-4,8,15-16H,1-2H2,(H3,11,12,13,17);8-10H,4-5H2,1-3H3;5*1H4/t8-,9+,13+;6-,7-,11-;4-,5-,9-;2*3-,4+,8+;8-,9-,10?;;;;;/m011001...../s1. The van der Waals surface area contributed by atoms with Gasteiger partial charge in [0.2, 0.25) is 36.0 Å². The molecule has 0 saturated carbocycles. The molecule has 0 aromatic carbocycles. The molecule has 0 aliphatic carbocycles. The van der Waals surface area contributed by atoms with Gasteiger partial charge in [0.15, 0.2) is 73.8 Å². The van der Waals surface area contributed by atoms with Gasteiger partial charge in [0.25, 0.3) is 27.8 Å². The molecule has 724 valence electrons. The smallest absolute Gasteiger partial charge is 0.311 e. The predicted molar refractivity (Wildman–Crippen MR) is 489 cm³/mol. The molecule has 21 N–H and O–H groups in total. The summed E-state index contributed by atoms with van der Waals surface area (Å²) in [6, 6.07) is 0. The first-order chi connectivity index (χ1) is 58.9. The van der Waals surface area contributed by atoms with Gasteiger partial charge in [-0.25, -0.2) is 0 Å². The Labute approximate surface area is 759 Å². The molecule has 0 bridgehead atoms. The van der Waals surface area contributed by atoms with E-state index in [2.05, 4.69) is 83.7 Å². The molecule has 16 heterocycles. The number of carbonyl (C=O) groups is 3. The van der Waals surface area contributed by atoms with Crippen molar-refractivity contribution in [1.82, 2.24) is 72.7 Å². The van der Waals surface area contributed by atoms with Gasteiger partial charge in [0.05, 0.1) is 56.4 Å². The minimum Gasteiger partial charge on any atom is -0.458 e. The van der Waals surface area contributed by atoms with E-state index in [0.717, 1.165) is 56.0 Å². The molecule has 6 fully saturated rings. The van der Waals surface area contributed by atoms with Crippen molar-refractivity contribution in [1.29, 1.82) is 0 Å². The number of nitrogens with two attached hydrogens (primary N) is 5. The summed E-state index contributed by atoms with van der Waals surface area (Å²) in [5, 5.41) is 58.6. The van der Waals surface area contributed by atoms with Crippen LogP contribution in [0.25, 0.3) is 51.7 Å². The van der Waals surface area contributed by atoms with Crippen LogP contribution >= 0.6 is 56.7 Å². The van der Waals surface area contributed by atoms with Crippen molar-refractivity contribution in [3.05, 3.63) is 100 Å². The average molecular weight is 1950 g/mol. The number of thiazole rings is 5. The number of nitrogen functional groups attached to an aromatic ring is 5. The molecule has 0 radical (unpaired) electrons. The Morgan fingerprint density at radius 2 is 0.631 bits per heavy atom. The Morgan fingerprint density at radius 1 is 0.392 bits per heavy atom. The highest BCUT2D eigenvalue weighted by molar-refractivity contribution is 7.17. The van der Waals surface area contributed by atoms with Gasteiger partial charge in [-0.05, 0) is 37.4 Å². The minimum atomic E-state index is -1.95. The first-order valence-electron chi connectivity index (χ1n) is 38.9. The number of aromatic amines is 5. The van der Waals surface area contributed by atoms with Gasteiger partial charge in [-0.3, -0.25) is 110 Å². The molecular weight excluding hydrogens is 1830 g/mol. The summed E-state index contributed by atoms with van der Waals surface area (Å²) in [5.74, 6) is -1.80. The summed E-state index contributed by atoms with van der Waals surface area (Å²) in [5.41, 5.74) is 25.7. The van der Waals surface area contributed by atoms with Crippen molar-refractivity contribution >= 4 is 164 Å². The van der Waals surface area contributed by atoms with Gasteiger partial charge in [0, 0.05) is 59.3 Å². The quantitative estimate of drug-likeness (QED) is 0.0375. The first-order valence-corrected chi connectivity index (χ1v) is 45.9. The van der Waals surface area contributed by atoms with Crippen LogP contribution < -0.4 is 80.8 Å². The molecule has 18 atom stereocenters. The first kappa shape index (κ1) is 109. The number of rotatable bonds is 16. The monoisotopic (exact) mass is 1950 g/mol. The van der Waals surface area contributed by atoms with Gasteiger partial charge >= 0.3 is 42.3 Å². The number of hydrogen-bond acceptors (Lipinski definition) is 44. The molecule has 130 heavy (non-hydrogen) atoms. The topological polar surface area (TPSA) is 734 Å². The molecule has 6 aliphatic heterocycles. The fourth-order valence-corrected chi connectivity index (χ4v) is 19.1. The second-order valence-electron chi connectivity index (χ2n) is 30.8. The van der Waals surface area contributed by atoms with Crippen molar-refractivity contribution in [2.45, 2.75) is 286 Å². The van der Waals surface area contributed by atoms with Crippen LogP contribution in [-0.2, 0) is 61.4 Å². The van der Waals surface area contributed by atoms with Gasteiger partial charge in [0.1, 0.15) is 54.0 Å². The van der Waals surface area contributed by atoms with Crippen molar-refractivity contribution < 1.29 is 92.1 Å². The van der Waals surface area contributed by atoms with Gasteiger partial charge in [-0.1, -0.05) is 135 Å². The van der Waals surface area contributed by atoms with Crippen LogP contribution in [0.15, 0.2) is 47.9 Å². The van der Waals surface area contributed by atoms with E-state index in [1.54, 1.807) is 0 Å². The molecule has 0 spiro atoms. The minimum absolute atomic E-state index is 0. The number of hydrogen-bond donors (Lipinski definition) is 16. The van der Waals surface area contributed by atoms with Crippen molar-refractivity contribution in [3.63, 3.8) is 0 Å². The van der Waals surface area contributed by atoms with Crippen LogP contribution in [0.3, 0.4) is 0 Å². The third-order valence-corrected chi connectivity index (χ3v) is 30.0. The number of aromatic nitrogens is 15. The molecule has 6 aliphatic rings. The van der Waals surface area contributed by atoms with E-state index >= 15 is 0 Å². The maximum absolute atomic E-state index is 12.4. The number of esters is 3. The molecule has 10 aromatic rings. The SMILES string of the molecule is C.C.C.C.C.CC(C)(C)[Si](C)(C)OC[C@@H]1C[C@@H](O)[C@H](n2c(=O)sc3c(=O)[nH]c(N)nc32)O1.CC[C@@H]1C[C@@H](O)[C@H](n2c(=O)sc3c(=O)[nH]c(N)nc32)O1.CC[C@@H]1C[C@@H](OC(C)=O)C(OC(C)=O)O1.CC[C@@H]1C[C@@H](OC(C)=O)[C@H](n2c(=O)sc3c(=O)[nH]c(N)nc32)O1.Nc1nc2c(sc(=O)n2[C@@H]2O[C@H](CO)C[C@H]2O)c(=O)[nH]1.Nc1nc2c(sc(=O)n2[C@@H]2O[C@H](CO)C[C@H]2O)c(=O)[nH]1. The molecular formula is C75H116N20O29S5Si. The molecule has 1 unspecified atom stereocenters. The lowest BCUT2D eigenvalue weighted by Crippen LogP contribution is -2.42. The van der Waals surface area contributed by atoms with E-state index in [4.69, 9.17) is 85.9 Å². The van der Waals surface area contributed by atoms with Crippen LogP contribution in [-0.4, -0.2) is 229 Å². The zero-order chi connectivity index (χ0) is 91.6. The van der Waals surface area contributed by atoms with Crippen LogP contribution in [0.5, 0.6) is 0 Å². The second-order valence-corrected chi connectivity index (χ2v) is 40.4. The summed E-state index contributed by atoms with van der Waals surface area (Å²) < 4.78 is 61.7. The Morgan fingerprint density at radius 3 is 0.900 bits per heavy atom. The number of nitrogens with zero attached hydrogens (tertiary/aromatic N) is 10. The highest BCUT2D eigenvalue weighted by Gasteiger charge is 2.46. The number of aliphatic hydroxyl groups is 6. The Kier molecular flexibility index (Phi) is 37.6. The molecule has 55 heteroatoms. The number of nitrogens with one attached hydrogen (secondary N) is 5. The summed E-state index contributed by atoms with van der Waals surface area (Å²) in [6.07, 6.45) is -7.29. The van der Waals surface area contributed by atoms with Crippen LogP contribution in [0, 0.1) is 0 Å². The van der Waals surface area contributed by atoms with E-state index in [0.29, 0.717) is 61.4 Å². The lowest BCUT2D eigenvalue weighted by atomic mass is 10.1. The number of aliphatic hydroxyl groups excluding tert-OH is 6. The van der Waals surface area contributed by atoms with E-state index < -0.39 is 165 Å². The summed E-state index contributed by atoms with van der Waals surface area (Å²) in [6.45, 7) is 20.3. The largest absolute Gasteiger partial charge is 0.458 e. The number of H-pyrrole nitrogens is 5. The number of ether oxygens (including phenoxy) is 9. The number of carbonyl (C=O) groups excluding carboxylic acids is 3. The lowest BCUT2D eigenvalue weighted by Gasteiger charge is -2.36. The Bertz CT molecular complexity index is 5920. The van der Waals surface area contributed by atoms with Crippen LogP contribution in [0.4, 0.5) is 29.7 Å². The van der Waals surface area contributed by atoms with Crippen LogP contribution in [0.2, 0.25) is 18.1 Å². The molecule has 16 rings (SSSR count). The summed E-state index contributed by atoms with van der Waals surface area (Å²) in [4.78, 5) is 182. The maximum Gasteiger partial charge on any atom is 0.311 e. The summed E-state index contributed by atoms with van der Waals surface area (Å²) >= 11 is 3.68. The molecule has 10 aromatic heterocycles. The summed E-state index contributed by atoms with van der Waals surface area (Å²) in [7, 11) is -1.95. The number of fused-ring (bicyclic) bond motifs is 5. The van der Waals surface area contributed by atoms with E-state index in [1.807, 2.05) is 20.8 Å². The van der Waals surface area contributed by atoms with Gasteiger partial charge in [-0.15, -0.1) is 0 Å². The normalized spacial score (nSPS) is 24.9. The highest BCUT2D eigenvalue weighted by atomic mass is 32.1. The Hall–Kier alpha value is -10.0. The van der Waals surface area contributed by atoms with E-state index in [9.17, 15) is 82.8 Å². The molecule has 0 amide bonds. The average Bonchev–Trinajstić information content (AvgIpc) is 1.65. The third kappa shape index (κ3) is 24.1. The molecule has 49 nitrogen and oxygen atoms in total. The second kappa shape index (κ2) is 44.9. The van der Waals surface area contributed by atoms with Crippen molar-refractivity contribution in [2.24, 2.45) is 0 Å². The van der Waals surface area contributed by atoms with Crippen LogP contribution in [0.1, 0.15) is 188 Å². The Balaban J connectivity index is 0.000000240. The maximum atomic E-state index is 12.4. The van der Waals surface area contributed by atoms with Gasteiger partial charge < -0.3 is 106 Å². The van der Waals surface area contributed by atoms with Crippen molar-refractivity contribution in [2.75, 3.05) is 48.5 Å². The predicted octanol–water partition coefficient (Wildman–Crippen LogP) is 2.47. The van der Waals surface area contributed by atoms with Crippen molar-refractivity contribution in [3.8, 4) is 0 Å². The highest BCUT2D eigenvalue weighted by Crippen LogP contribution is 2.40. The van der Waals surface area contributed by atoms with Gasteiger partial charge in [-0.2, -0.15) is 24.9 Å². The third-order valence-electron chi connectivity index (χ3n) is 20.8. The number of anilines is 5. The lowest BCUT2D eigenvalue weighted by molar-refractivity contribution is -0.194. The fourth-order valence-electron chi connectivity index (χ4n) is 13.9. The zero-order valence-corrected chi connectivity index (χ0v) is 73.9. The van der Waals surface area contributed by atoms with E-state index in [-0.39, 0.29) is 174 Å². The zero-order valence-electron chi connectivity index (χ0n) is 68.9. The molecule has 6 saturated heterocycles.